The molecule has 0 aromatic rings. The fourth-order valence-corrected chi connectivity index (χ4v) is 1.76. The highest BCUT2D eigenvalue weighted by Gasteiger charge is 1.84. The zero-order valence-corrected chi connectivity index (χ0v) is 6.79. The van der Waals surface area contributed by atoms with Crippen molar-refractivity contribution in [1.82, 2.24) is 0 Å². The summed E-state index contributed by atoms with van der Waals surface area (Å²) in [6, 6.07) is 0.281. The minimum atomic E-state index is -1.36. The van der Waals surface area contributed by atoms with E-state index in [1.165, 1.54) is 0 Å². The molecular formula is C3H8Cl2NP. The first kappa shape index (κ1) is 7.81. The third-order valence-corrected chi connectivity index (χ3v) is 1.65. The monoisotopic (exact) mass is 159 g/mol. The van der Waals surface area contributed by atoms with Gasteiger partial charge in [0.2, 0.25) is 0 Å². The Kier molecular flexibility index (Phi) is 4.20. The highest BCUT2D eigenvalue weighted by atomic mass is 35.9. The smallest absolute Gasteiger partial charge is 0.125 e. The van der Waals surface area contributed by atoms with Gasteiger partial charge in [-0.05, 0) is 13.8 Å². The zero-order valence-electron chi connectivity index (χ0n) is 4.28. The van der Waals surface area contributed by atoms with E-state index in [0.29, 0.717) is 0 Å². The first-order chi connectivity index (χ1) is 3.13. The summed E-state index contributed by atoms with van der Waals surface area (Å²) in [4.78, 5) is 0. The first-order valence-corrected chi connectivity index (χ1v) is 5.49. The molecule has 0 saturated heterocycles. The van der Waals surface area contributed by atoms with Crippen molar-refractivity contribution >= 4 is 28.9 Å². The summed E-state index contributed by atoms with van der Waals surface area (Å²) >= 11 is 10.7. The Labute approximate surface area is 54.1 Å². The maximum Gasteiger partial charge on any atom is 0.125 e. The molecule has 44 valence electrons. The molecule has 0 aliphatic carbocycles. The van der Waals surface area contributed by atoms with E-state index in [1.807, 2.05) is 13.8 Å². The molecule has 0 aromatic carbocycles. The van der Waals surface area contributed by atoms with Crippen molar-refractivity contribution in [3.63, 3.8) is 0 Å². The molecule has 0 atom stereocenters. The van der Waals surface area contributed by atoms with Gasteiger partial charge in [-0.15, -0.1) is 0 Å². The van der Waals surface area contributed by atoms with E-state index in [9.17, 15) is 0 Å². The van der Waals surface area contributed by atoms with Crippen LogP contribution < -0.4 is 0 Å². The largest absolute Gasteiger partial charge is 0.273 e. The van der Waals surface area contributed by atoms with Gasteiger partial charge in [0, 0.05) is 6.04 Å². The van der Waals surface area contributed by atoms with Gasteiger partial charge >= 0.3 is 0 Å². The second-order valence-electron chi connectivity index (χ2n) is 1.46. The summed E-state index contributed by atoms with van der Waals surface area (Å²) in [6.07, 6.45) is -1.36. The molecule has 0 aromatic heterocycles. The second-order valence-corrected chi connectivity index (χ2v) is 4.93. The summed E-state index contributed by atoms with van der Waals surface area (Å²) in [5.41, 5.74) is 0. The van der Waals surface area contributed by atoms with Crippen molar-refractivity contribution in [1.29, 1.82) is 0 Å². The number of hydrogen-bond donors (Lipinski definition) is 0. The molecule has 0 saturated carbocycles. The SMILES string of the molecule is CC(C)N=[PH](Cl)Cl. The van der Waals surface area contributed by atoms with Gasteiger partial charge in [0.1, 0.15) is 6.42 Å². The summed E-state index contributed by atoms with van der Waals surface area (Å²) in [5.74, 6) is 0. The fourth-order valence-electron chi connectivity index (χ4n) is 0.195. The maximum atomic E-state index is 5.37. The molecule has 0 unspecified atom stereocenters. The molecule has 7 heavy (non-hydrogen) atoms. The average Bonchev–Trinajstić information content (AvgIpc) is 1.27. The van der Waals surface area contributed by atoms with Gasteiger partial charge in [0.25, 0.3) is 0 Å². The Bertz CT molecular complexity index is 77.0. The lowest BCUT2D eigenvalue weighted by Gasteiger charge is -1.91. The number of halogens is 2. The van der Waals surface area contributed by atoms with Crippen LogP contribution in [0.15, 0.2) is 4.74 Å². The van der Waals surface area contributed by atoms with Crippen molar-refractivity contribution in [2.24, 2.45) is 4.74 Å². The van der Waals surface area contributed by atoms with E-state index in [0.717, 1.165) is 0 Å². The summed E-state index contributed by atoms with van der Waals surface area (Å²) in [5, 5.41) is 0. The van der Waals surface area contributed by atoms with Crippen molar-refractivity contribution in [2.45, 2.75) is 19.9 Å². The lowest BCUT2D eigenvalue weighted by Crippen LogP contribution is -1.81. The molecule has 0 spiro atoms. The minimum Gasteiger partial charge on any atom is -0.273 e. The standard InChI is InChI=1S/C3H8Cl2NP/c1-3(2)6-7(4)5/h3,7H,1-2H3. The molecule has 0 amide bonds. The quantitative estimate of drug-likeness (QED) is 0.522. The van der Waals surface area contributed by atoms with Gasteiger partial charge in [-0.3, -0.25) is 4.74 Å². The number of nitrogens with zero attached hydrogens (tertiary/aromatic N) is 1. The Morgan fingerprint density at radius 2 is 1.86 bits per heavy atom. The van der Waals surface area contributed by atoms with Crippen LogP contribution in [-0.4, -0.2) is 6.04 Å². The molecular weight excluding hydrogens is 152 g/mol. The third-order valence-electron chi connectivity index (χ3n) is 0.356. The molecule has 0 heterocycles. The van der Waals surface area contributed by atoms with Crippen LogP contribution in [0.25, 0.3) is 0 Å². The summed E-state index contributed by atoms with van der Waals surface area (Å²) in [6.45, 7) is 3.91. The number of hydrogen-bond acceptors (Lipinski definition) is 1. The molecule has 0 fully saturated rings. The van der Waals surface area contributed by atoms with E-state index in [2.05, 4.69) is 4.74 Å². The van der Waals surface area contributed by atoms with Crippen LogP contribution in [0.1, 0.15) is 13.8 Å². The first-order valence-electron chi connectivity index (χ1n) is 2.01. The van der Waals surface area contributed by atoms with E-state index < -0.39 is 6.42 Å². The predicted octanol–water partition coefficient (Wildman–Crippen LogP) is 3.10. The van der Waals surface area contributed by atoms with Gasteiger partial charge in [-0.25, -0.2) is 0 Å². The highest BCUT2D eigenvalue weighted by molar-refractivity contribution is 7.96. The minimum absolute atomic E-state index is 0.281. The average molecular weight is 160 g/mol. The Morgan fingerprint density at radius 3 is 1.86 bits per heavy atom. The van der Waals surface area contributed by atoms with Crippen LogP contribution >= 0.6 is 28.9 Å². The highest BCUT2D eigenvalue weighted by Crippen LogP contribution is 2.37. The number of rotatable bonds is 1. The molecule has 0 aliphatic rings. The van der Waals surface area contributed by atoms with Crippen LogP contribution in [0.4, 0.5) is 0 Å². The van der Waals surface area contributed by atoms with Gasteiger partial charge in [-0.1, -0.05) is 22.5 Å². The van der Waals surface area contributed by atoms with Crippen LogP contribution in [0.2, 0.25) is 0 Å². The van der Waals surface area contributed by atoms with Crippen molar-refractivity contribution in [3.8, 4) is 0 Å². The lowest BCUT2D eigenvalue weighted by atomic mass is 10.4. The maximum absolute atomic E-state index is 5.37. The molecule has 4 heteroatoms. The molecule has 0 rings (SSSR count). The van der Waals surface area contributed by atoms with Crippen molar-refractivity contribution in [2.75, 3.05) is 0 Å². The Balaban J connectivity index is 3.45. The van der Waals surface area contributed by atoms with Crippen LogP contribution in [0.3, 0.4) is 0 Å². The van der Waals surface area contributed by atoms with Crippen LogP contribution in [0.5, 0.6) is 0 Å². The molecule has 0 radical (unpaired) electrons. The topological polar surface area (TPSA) is 12.4 Å². The zero-order chi connectivity index (χ0) is 5.86. The normalized spacial score (nSPS) is 10.6. The molecule has 0 N–H and O–H groups in total. The molecule has 0 aliphatic heterocycles. The van der Waals surface area contributed by atoms with E-state index in [1.54, 1.807) is 0 Å². The third kappa shape index (κ3) is 6.81. The second kappa shape index (κ2) is 3.77. The molecule has 0 bridgehead atoms. The van der Waals surface area contributed by atoms with Gasteiger partial charge in [0.15, 0.2) is 0 Å². The van der Waals surface area contributed by atoms with Crippen molar-refractivity contribution < 1.29 is 0 Å². The van der Waals surface area contributed by atoms with E-state index >= 15 is 0 Å². The lowest BCUT2D eigenvalue weighted by molar-refractivity contribution is 0.851. The van der Waals surface area contributed by atoms with E-state index in [4.69, 9.17) is 22.5 Å². The van der Waals surface area contributed by atoms with Gasteiger partial charge in [-0.2, -0.15) is 0 Å². The van der Waals surface area contributed by atoms with E-state index in [-0.39, 0.29) is 6.04 Å². The Hall–Kier alpha value is 0.810. The predicted molar refractivity (Wildman–Crippen MR) is 37.6 cm³/mol. The van der Waals surface area contributed by atoms with Crippen LogP contribution in [0, 0.1) is 0 Å². The van der Waals surface area contributed by atoms with Gasteiger partial charge in [0.05, 0.1) is 0 Å². The molecule has 1 nitrogen and oxygen atoms in total. The van der Waals surface area contributed by atoms with Gasteiger partial charge < -0.3 is 0 Å². The van der Waals surface area contributed by atoms with Crippen molar-refractivity contribution in [3.05, 3.63) is 0 Å². The van der Waals surface area contributed by atoms with Crippen LogP contribution in [-0.2, 0) is 0 Å². The summed E-state index contributed by atoms with van der Waals surface area (Å²) in [7, 11) is 0. The summed E-state index contributed by atoms with van der Waals surface area (Å²) < 4.78 is 3.91. The Morgan fingerprint density at radius 1 is 1.43 bits per heavy atom. The fraction of sp³-hybridized carbons (Fsp3) is 1.00.